The molecule has 19 heavy (non-hydrogen) atoms. The van der Waals surface area contributed by atoms with E-state index in [2.05, 4.69) is 25.7 Å². The van der Waals surface area contributed by atoms with Crippen LogP contribution in [0.25, 0.3) is 0 Å². The summed E-state index contributed by atoms with van der Waals surface area (Å²) in [5.41, 5.74) is 4.17. The van der Waals surface area contributed by atoms with Gasteiger partial charge in [-0.05, 0) is 82.8 Å². The van der Waals surface area contributed by atoms with Gasteiger partial charge in [-0.2, -0.15) is 0 Å². The number of allylic oxidation sites excluding steroid dienone is 2. The summed E-state index contributed by atoms with van der Waals surface area (Å²) in [5.74, 6) is 2.02. The highest BCUT2D eigenvalue weighted by atomic mass is 15.1. The van der Waals surface area contributed by atoms with Crippen molar-refractivity contribution in [2.24, 2.45) is 17.3 Å². The molecule has 1 atom stereocenters. The van der Waals surface area contributed by atoms with E-state index in [1.54, 1.807) is 11.1 Å². The van der Waals surface area contributed by atoms with E-state index in [9.17, 15) is 0 Å². The number of hydrogen-bond donors (Lipinski definition) is 0. The molecule has 0 aromatic rings. The van der Waals surface area contributed by atoms with Gasteiger partial charge in [0.05, 0.1) is 0 Å². The van der Waals surface area contributed by atoms with Crippen LogP contribution in [0.15, 0.2) is 11.1 Å². The van der Waals surface area contributed by atoms with Crippen LogP contribution in [0.3, 0.4) is 0 Å². The summed E-state index contributed by atoms with van der Waals surface area (Å²) in [6, 6.07) is 0. The van der Waals surface area contributed by atoms with E-state index in [-0.39, 0.29) is 0 Å². The van der Waals surface area contributed by atoms with Crippen LogP contribution in [0.5, 0.6) is 0 Å². The molecule has 0 bridgehead atoms. The lowest BCUT2D eigenvalue weighted by molar-refractivity contribution is 0.127. The zero-order valence-corrected chi connectivity index (χ0v) is 13.8. The number of nitrogens with zero attached hydrogens (tertiary/aromatic N) is 1. The predicted octanol–water partition coefficient (Wildman–Crippen LogP) is 4.88. The van der Waals surface area contributed by atoms with Crippen molar-refractivity contribution in [2.75, 3.05) is 19.6 Å². The van der Waals surface area contributed by atoms with Gasteiger partial charge in [0.1, 0.15) is 0 Å². The van der Waals surface area contributed by atoms with Gasteiger partial charge in [-0.25, -0.2) is 0 Å². The van der Waals surface area contributed by atoms with Crippen molar-refractivity contribution < 1.29 is 0 Å². The quantitative estimate of drug-likeness (QED) is 0.642. The van der Waals surface area contributed by atoms with E-state index in [1.165, 1.54) is 51.7 Å². The van der Waals surface area contributed by atoms with Crippen LogP contribution >= 0.6 is 0 Å². The number of hydrogen-bond acceptors (Lipinski definition) is 1. The highest BCUT2D eigenvalue weighted by Crippen LogP contribution is 2.57. The molecule has 0 aromatic heterocycles. The maximum Gasteiger partial charge on any atom is -0.00105 e. The van der Waals surface area contributed by atoms with E-state index in [1.807, 2.05) is 13.8 Å². The van der Waals surface area contributed by atoms with Crippen molar-refractivity contribution in [3.63, 3.8) is 0 Å². The van der Waals surface area contributed by atoms with Crippen LogP contribution in [0.1, 0.15) is 66.7 Å². The molecule has 0 amide bonds. The number of rotatable bonds is 2. The van der Waals surface area contributed by atoms with Gasteiger partial charge >= 0.3 is 0 Å². The Labute approximate surface area is 120 Å². The molecule has 1 unspecified atom stereocenters. The average Bonchev–Trinajstić information content (AvgIpc) is 3.27. The normalized spacial score (nSPS) is 30.5. The van der Waals surface area contributed by atoms with Gasteiger partial charge in [-0.3, -0.25) is 0 Å². The number of piperidine rings is 1. The minimum absolute atomic E-state index is 0.614. The number of likely N-dealkylation sites (tertiary alicyclic amines) is 1. The van der Waals surface area contributed by atoms with Gasteiger partial charge in [-0.1, -0.05) is 31.9 Å². The van der Waals surface area contributed by atoms with Crippen LogP contribution in [0.4, 0.5) is 0 Å². The second-order valence-corrected chi connectivity index (χ2v) is 6.67. The first-order valence-electron chi connectivity index (χ1n) is 8.56. The maximum absolute atomic E-state index is 2.62. The van der Waals surface area contributed by atoms with Gasteiger partial charge in [0, 0.05) is 0 Å². The molecule has 1 nitrogen and oxygen atoms in total. The summed E-state index contributed by atoms with van der Waals surface area (Å²) in [7, 11) is 0. The first-order chi connectivity index (χ1) is 9.16. The standard InChI is InChI=1S/C16H27N.C2H6/c1-4-17-9-7-16(8-10-17)11-15(14-5-6-14)12(2)13(16)3;1-2/h14-15H,4-11H2,1-3H3;1-2H3. The van der Waals surface area contributed by atoms with Gasteiger partial charge < -0.3 is 4.90 Å². The predicted molar refractivity (Wildman–Crippen MR) is 84.3 cm³/mol. The Morgan fingerprint density at radius 3 is 2.16 bits per heavy atom. The smallest absolute Gasteiger partial charge is 0.00105 e. The second kappa shape index (κ2) is 5.99. The Kier molecular flexibility index (Phi) is 4.76. The molecule has 0 radical (unpaired) electrons. The highest BCUT2D eigenvalue weighted by molar-refractivity contribution is 5.30. The van der Waals surface area contributed by atoms with Crippen LogP contribution < -0.4 is 0 Å². The monoisotopic (exact) mass is 263 g/mol. The molecule has 1 spiro atoms. The minimum Gasteiger partial charge on any atom is -0.304 e. The fourth-order valence-electron chi connectivity index (χ4n) is 4.32. The van der Waals surface area contributed by atoms with Crippen molar-refractivity contribution >= 4 is 0 Å². The van der Waals surface area contributed by atoms with Gasteiger partial charge in [0.25, 0.3) is 0 Å². The zero-order chi connectivity index (χ0) is 14.0. The molecule has 0 N–H and O–H groups in total. The Hall–Kier alpha value is -0.300. The third-order valence-corrected chi connectivity index (χ3v) is 6.01. The van der Waals surface area contributed by atoms with Gasteiger partial charge in [-0.15, -0.1) is 0 Å². The Balaban J connectivity index is 0.000000637. The van der Waals surface area contributed by atoms with Crippen LogP contribution in [-0.2, 0) is 0 Å². The summed E-state index contributed by atoms with van der Waals surface area (Å²) in [6.45, 7) is 15.1. The summed E-state index contributed by atoms with van der Waals surface area (Å²) in [5, 5.41) is 0. The molecule has 1 heterocycles. The molecule has 1 saturated heterocycles. The lowest BCUT2D eigenvalue weighted by Crippen LogP contribution is -2.39. The lowest BCUT2D eigenvalue weighted by Gasteiger charge is -2.41. The molecular formula is C18H33N. The van der Waals surface area contributed by atoms with Crippen molar-refractivity contribution in [3.8, 4) is 0 Å². The molecule has 2 aliphatic carbocycles. The van der Waals surface area contributed by atoms with E-state index < -0.39 is 0 Å². The summed E-state index contributed by atoms with van der Waals surface area (Å²) < 4.78 is 0. The molecule has 110 valence electrons. The second-order valence-electron chi connectivity index (χ2n) is 6.67. The average molecular weight is 263 g/mol. The Bertz CT molecular complexity index is 330. The topological polar surface area (TPSA) is 3.24 Å². The Morgan fingerprint density at radius 1 is 1.11 bits per heavy atom. The van der Waals surface area contributed by atoms with Crippen molar-refractivity contribution in [3.05, 3.63) is 11.1 Å². The fourth-order valence-corrected chi connectivity index (χ4v) is 4.32. The third kappa shape index (κ3) is 2.77. The van der Waals surface area contributed by atoms with Crippen molar-refractivity contribution in [1.29, 1.82) is 0 Å². The summed E-state index contributed by atoms with van der Waals surface area (Å²) in [4.78, 5) is 2.62. The van der Waals surface area contributed by atoms with E-state index in [0.29, 0.717) is 5.41 Å². The van der Waals surface area contributed by atoms with Gasteiger partial charge in [0.15, 0.2) is 0 Å². The molecule has 1 saturated carbocycles. The van der Waals surface area contributed by atoms with Crippen molar-refractivity contribution in [2.45, 2.75) is 66.7 Å². The van der Waals surface area contributed by atoms with Crippen LogP contribution in [0.2, 0.25) is 0 Å². The summed E-state index contributed by atoms with van der Waals surface area (Å²) >= 11 is 0. The zero-order valence-electron chi connectivity index (χ0n) is 13.8. The molecule has 1 aliphatic heterocycles. The SMILES string of the molecule is CC.CCN1CCC2(CC1)CC(C1CC1)C(C)=C2C. The lowest BCUT2D eigenvalue weighted by atomic mass is 9.72. The van der Waals surface area contributed by atoms with Gasteiger partial charge in [0.2, 0.25) is 0 Å². The van der Waals surface area contributed by atoms with E-state index >= 15 is 0 Å². The van der Waals surface area contributed by atoms with Crippen LogP contribution in [-0.4, -0.2) is 24.5 Å². The fraction of sp³-hybridized carbons (Fsp3) is 0.889. The summed E-state index contributed by atoms with van der Waals surface area (Å²) in [6.07, 6.45) is 7.35. The van der Waals surface area contributed by atoms with Crippen LogP contribution in [0, 0.1) is 17.3 Å². The van der Waals surface area contributed by atoms with E-state index in [4.69, 9.17) is 0 Å². The van der Waals surface area contributed by atoms with Crippen molar-refractivity contribution in [1.82, 2.24) is 4.90 Å². The highest BCUT2D eigenvalue weighted by Gasteiger charge is 2.47. The largest absolute Gasteiger partial charge is 0.304 e. The Morgan fingerprint density at radius 2 is 1.68 bits per heavy atom. The third-order valence-electron chi connectivity index (χ3n) is 6.01. The minimum atomic E-state index is 0.614. The van der Waals surface area contributed by atoms with E-state index in [0.717, 1.165) is 11.8 Å². The molecular weight excluding hydrogens is 230 g/mol. The molecule has 0 aromatic carbocycles. The molecule has 3 aliphatic rings. The first-order valence-corrected chi connectivity index (χ1v) is 8.56. The molecule has 1 heteroatoms. The molecule has 3 rings (SSSR count). The molecule has 2 fully saturated rings. The maximum atomic E-state index is 2.62. The first kappa shape index (κ1) is 15.1.